The Morgan fingerprint density at radius 3 is 2.73 bits per heavy atom. The first-order chi connectivity index (χ1) is 6.96. The molecular weight excluding hydrogens is 381 g/mol. The van der Waals surface area contributed by atoms with E-state index >= 15 is 0 Å². The second kappa shape index (κ2) is 4.60. The molecule has 1 aromatic heterocycles. The van der Waals surface area contributed by atoms with Crippen molar-refractivity contribution in [2.45, 2.75) is 6.18 Å². The SMILES string of the molecule is O=C(N=[C]=[W])c1cnccc1C(F)(F)F. The number of pyridine rings is 1. The van der Waals surface area contributed by atoms with Crippen LogP contribution in [0, 0.1) is 0 Å². The summed E-state index contributed by atoms with van der Waals surface area (Å²) in [6.07, 6.45) is -2.75. The average molecular weight is 384 g/mol. The number of amides is 1. The molecule has 7 heteroatoms. The van der Waals surface area contributed by atoms with Crippen LogP contribution in [-0.2, 0) is 25.5 Å². The number of nitrogens with zero attached hydrogens (tertiary/aromatic N) is 2. The molecule has 1 rings (SSSR count). The summed E-state index contributed by atoms with van der Waals surface area (Å²) in [5.74, 6) is -0.981. The predicted molar refractivity (Wildman–Crippen MR) is 41.0 cm³/mol. The molecule has 0 spiro atoms. The molecule has 1 aromatic rings. The third-order valence-electron chi connectivity index (χ3n) is 1.50. The fourth-order valence-corrected chi connectivity index (χ4v) is 1.21. The summed E-state index contributed by atoms with van der Waals surface area (Å²) in [4.78, 5) is 17.8. The van der Waals surface area contributed by atoms with Crippen LogP contribution in [0.1, 0.15) is 15.9 Å². The molecule has 0 fully saturated rings. The monoisotopic (exact) mass is 384 g/mol. The van der Waals surface area contributed by atoms with E-state index in [4.69, 9.17) is 0 Å². The van der Waals surface area contributed by atoms with Crippen molar-refractivity contribution in [1.82, 2.24) is 4.98 Å². The number of hydrogen-bond donors (Lipinski definition) is 0. The van der Waals surface area contributed by atoms with Crippen LogP contribution >= 0.6 is 0 Å². The molecule has 0 bridgehead atoms. The molecule has 15 heavy (non-hydrogen) atoms. The van der Waals surface area contributed by atoms with E-state index in [1.165, 1.54) is 0 Å². The molecule has 1 amide bonds. The van der Waals surface area contributed by atoms with E-state index in [1.54, 1.807) is 0 Å². The van der Waals surface area contributed by atoms with Gasteiger partial charge in [0.2, 0.25) is 0 Å². The number of hydrogen-bond acceptors (Lipinski definition) is 2. The fourth-order valence-electron chi connectivity index (χ4n) is 0.914. The first kappa shape index (κ1) is 12.0. The maximum atomic E-state index is 12.4. The third kappa shape index (κ3) is 2.91. The first-order valence-electron chi connectivity index (χ1n) is 3.60. The summed E-state index contributed by atoms with van der Waals surface area (Å²) in [7, 11) is 0. The van der Waals surface area contributed by atoms with Gasteiger partial charge in [-0.05, 0) is 0 Å². The maximum absolute atomic E-state index is 12.4. The third-order valence-corrected chi connectivity index (χ3v) is 1.83. The van der Waals surface area contributed by atoms with E-state index in [9.17, 15) is 18.0 Å². The number of carbonyl (C=O) groups is 1. The minimum absolute atomic E-state index is 0.557. The van der Waals surface area contributed by atoms with Crippen molar-refractivity contribution in [3.63, 3.8) is 0 Å². The summed E-state index contributed by atoms with van der Waals surface area (Å²) in [6, 6.07) is 0.741. The van der Waals surface area contributed by atoms with Crippen LogP contribution in [-0.4, -0.2) is 15.1 Å². The second-order valence-corrected chi connectivity index (χ2v) is 3.08. The number of halogens is 3. The standard InChI is InChI=1S/C8H3F3N2O.W/c1-12-7(14)5-4-13-3-2-6(5)8(9,10)11;/h2-4H;. The van der Waals surface area contributed by atoms with Crippen LogP contribution in [0.4, 0.5) is 13.2 Å². The van der Waals surface area contributed by atoms with Crippen molar-refractivity contribution in [1.29, 1.82) is 0 Å². The molecule has 0 unspecified atom stereocenters. The average Bonchev–Trinajstić information content (AvgIpc) is 2.17. The van der Waals surface area contributed by atoms with Gasteiger partial charge in [0, 0.05) is 0 Å². The molecule has 0 N–H and O–H groups in total. The molecule has 3 nitrogen and oxygen atoms in total. The predicted octanol–water partition coefficient (Wildman–Crippen LogP) is 1.69. The van der Waals surface area contributed by atoms with Gasteiger partial charge >= 0.3 is 93.2 Å². The summed E-state index contributed by atoms with van der Waals surface area (Å²) in [6.45, 7) is 0. The van der Waals surface area contributed by atoms with Gasteiger partial charge in [0.15, 0.2) is 0 Å². The molecule has 1 heterocycles. The van der Waals surface area contributed by atoms with Crippen LogP contribution in [0.15, 0.2) is 23.5 Å². The normalized spacial score (nSPS) is 10.6. The van der Waals surface area contributed by atoms with Gasteiger partial charge < -0.3 is 0 Å². The Bertz CT molecular complexity index is 438. The minimum atomic E-state index is -4.58. The number of aromatic nitrogens is 1. The molecule has 0 aliphatic carbocycles. The van der Waals surface area contributed by atoms with Crippen LogP contribution in [0.3, 0.4) is 0 Å². The van der Waals surface area contributed by atoms with E-state index in [-0.39, 0.29) is 0 Å². The van der Waals surface area contributed by atoms with E-state index in [0.717, 1.165) is 37.8 Å². The van der Waals surface area contributed by atoms with Crippen molar-refractivity contribution in [2.24, 2.45) is 4.99 Å². The van der Waals surface area contributed by atoms with Gasteiger partial charge in [0.1, 0.15) is 0 Å². The Kier molecular flexibility index (Phi) is 3.66. The van der Waals surface area contributed by atoms with Crippen molar-refractivity contribution in [3.8, 4) is 0 Å². The van der Waals surface area contributed by atoms with Gasteiger partial charge in [-0.2, -0.15) is 0 Å². The molecule has 0 aromatic carbocycles. The molecule has 0 aliphatic rings. The number of carbonyl (C=O) groups excluding carboxylic acids is 1. The summed E-state index contributed by atoms with van der Waals surface area (Å²) in [5.41, 5.74) is -1.59. The Hall–Kier alpha value is -1.12. The molecule has 0 saturated carbocycles. The Labute approximate surface area is 93.5 Å². The van der Waals surface area contributed by atoms with E-state index in [2.05, 4.69) is 14.2 Å². The molecule has 78 valence electrons. The zero-order valence-corrected chi connectivity index (χ0v) is 10.0. The van der Waals surface area contributed by atoms with Crippen LogP contribution in [0.5, 0.6) is 0 Å². The van der Waals surface area contributed by atoms with Crippen molar-refractivity contribution >= 4 is 10.1 Å². The Balaban J connectivity index is 3.30. The number of rotatable bonds is 1. The first-order valence-corrected chi connectivity index (χ1v) is 5.07. The van der Waals surface area contributed by atoms with Crippen molar-refractivity contribution < 1.29 is 37.3 Å². The van der Waals surface area contributed by atoms with Gasteiger partial charge in [-0.25, -0.2) is 0 Å². The van der Waals surface area contributed by atoms with E-state index in [0.29, 0.717) is 0 Å². The molecule has 0 radical (unpaired) electrons. The number of aliphatic imine (C=N–C) groups is 1. The van der Waals surface area contributed by atoms with Crippen molar-refractivity contribution in [3.05, 3.63) is 29.6 Å². The van der Waals surface area contributed by atoms with E-state index < -0.39 is 23.2 Å². The zero-order valence-electron chi connectivity index (χ0n) is 7.08. The second-order valence-electron chi connectivity index (χ2n) is 2.43. The summed E-state index contributed by atoms with van der Waals surface area (Å²) in [5, 5.41) is 0. The van der Waals surface area contributed by atoms with Gasteiger partial charge in [0.05, 0.1) is 0 Å². The summed E-state index contributed by atoms with van der Waals surface area (Å²) < 4.78 is 39.4. The fraction of sp³-hybridized carbons (Fsp3) is 0.125. The van der Waals surface area contributed by atoms with Gasteiger partial charge in [0.25, 0.3) is 0 Å². The molecular formula is C8H3F3N2OW. The van der Waals surface area contributed by atoms with Crippen molar-refractivity contribution in [2.75, 3.05) is 0 Å². The Morgan fingerprint density at radius 2 is 2.20 bits per heavy atom. The summed E-state index contributed by atoms with van der Waals surface area (Å²) >= 11 is 0.760. The molecule has 0 aliphatic heterocycles. The van der Waals surface area contributed by atoms with Gasteiger partial charge in [-0.1, -0.05) is 0 Å². The topological polar surface area (TPSA) is 42.3 Å². The van der Waals surface area contributed by atoms with Gasteiger partial charge in [-0.3, -0.25) is 0 Å². The van der Waals surface area contributed by atoms with Crippen LogP contribution in [0.2, 0.25) is 0 Å². The van der Waals surface area contributed by atoms with E-state index in [1.807, 2.05) is 0 Å². The van der Waals surface area contributed by atoms with Gasteiger partial charge in [-0.15, -0.1) is 0 Å². The van der Waals surface area contributed by atoms with Crippen LogP contribution < -0.4 is 0 Å². The quantitative estimate of drug-likeness (QED) is 0.692. The Morgan fingerprint density at radius 1 is 1.53 bits per heavy atom. The van der Waals surface area contributed by atoms with Crippen LogP contribution in [0.25, 0.3) is 0 Å². The zero-order chi connectivity index (χ0) is 11.5. The molecule has 0 atom stereocenters. The number of alkyl halides is 3. The molecule has 0 saturated heterocycles.